The largest absolute Gasteiger partial charge is 0.370 e. The van der Waals surface area contributed by atoms with Crippen molar-refractivity contribution in [3.8, 4) is 17.5 Å². The Morgan fingerprint density at radius 2 is 1.79 bits per heavy atom. The molecule has 3 aromatic rings. The van der Waals surface area contributed by atoms with Crippen LogP contribution in [0.3, 0.4) is 0 Å². The van der Waals surface area contributed by atoms with Crippen molar-refractivity contribution >= 4 is 17.4 Å². The fourth-order valence-corrected chi connectivity index (χ4v) is 2.74. The second-order valence-electron chi connectivity index (χ2n) is 7.05. The van der Waals surface area contributed by atoms with Crippen LogP contribution < -0.4 is 10.6 Å². The Hall–Kier alpha value is -3.72. The van der Waals surface area contributed by atoms with E-state index in [4.69, 9.17) is 0 Å². The van der Waals surface area contributed by atoms with Gasteiger partial charge in [-0.15, -0.1) is 0 Å². The van der Waals surface area contributed by atoms with E-state index in [-0.39, 0.29) is 11.6 Å². The highest BCUT2D eigenvalue weighted by Gasteiger charge is 2.15. The smallest absolute Gasteiger partial charge is 0.274 e. The average molecular weight is 385 g/mol. The molecule has 0 spiro atoms. The number of aromatic nitrogens is 2. The van der Waals surface area contributed by atoms with Crippen molar-refractivity contribution in [2.24, 2.45) is 5.92 Å². The lowest BCUT2D eigenvalue weighted by Gasteiger charge is -2.12. The van der Waals surface area contributed by atoms with Gasteiger partial charge in [-0.1, -0.05) is 56.3 Å². The van der Waals surface area contributed by atoms with Gasteiger partial charge in [-0.05, 0) is 24.5 Å². The van der Waals surface area contributed by atoms with Gasteiger partial charge in [0.05, 0.1) is 11.3 Å². The number of nitrogens with zero attached hydrogens (tertiary/aromatic N) is 3. The minimum Gasteiger partial charge on any atom is -0.370 e. The third-order valence-corrected chi connectivity index (χ3v) is 4.31. The second-order valence-corrected chi connectivity index (χ2v) is 7.05. The van der Waals surface area contributed by atoms with Crippen LogP contribution >= 0.6 is 0 Å². The van der Waals surface area contributed by atoms with Gasteiger partial charge in [0.25, 0.3) is 5.91 Å². The maximum Gasteiger partial charge on any atom is 0.274 e. The number of rotatable bonds is 7. The maximum atomic E-state index is 12.9. The Kier molecular flexibility index (Phi) is 6.54. The molecule has 0 aliphatic rings. The standard InChI is InChI=1S/C23H23N5O/c1-16(2)12-13-25-21-14-20(26-22(28-21)17-8-4-3-5-9-17)23(29)27-19-11-7-6-10-18(19)15-24/h3-11,14,16H,12-13H2,1-2H3,(H,27,29)(H,25,26,28). The molecule has 29 heavy (non-hydrogen) atoms. The summed E-state index contributed by atoms with van der Waals surface area (Å²) in [4.78, 5) is 21.9. The zero-order valence-corrected chi connectivity index (χ0v) is 16.5. The summed E-state index contributed by atoms with van der Waals surface area (Å²) in [5, 5.41) is 15.3. The molecule has 146 valence electrons. The Balaban J connectivity index is 1.91. The number of hydrogen-bond acceptors (Lipinski definition) is 5. The van der Waals surface area contributed by atoms with Gasteiger partial charge in [0.1, 0.15) is 17.6 Å². The van der Waals surface area contributed by atoms with Crippen molar-refractivity contribution in [1.82, 2.24) is 9.97 Å². The van der Waals surface area contributed by atoms with E-state index >= 15 is 0 Å². The molecule has 0 saturated carbocycles. The first-order valence-corrected chi connectivity index (χ1v) is 9.55. The average Bonchev–Trinajstić information content (AvgIpc) is 2.74. The van der Waals surface area contributed by atoms with Gasteiger partial charge in [0.15, 0.2) is 5.82 Å². The number of nitriles is 1. The van der Waals surface area contributed by atoms with E-state index in [1.807, 2.05) is 30.3 Å². The second kappa shape index (κ2) is 9.47. The van der Waals surface area contributed by atoms with Crippen LogP contribution in [-0.4, -0.2) is 22.4 Å². The summed E-state index contributed by atoms with van der Waals surface area (Å²) in [6.07, 6.45) is 0.988. The van der Waals surface area contributed by atoms with Gasteiger partial charge in [-0.3, -0.25) is 4.79 Å². The van der Waals surface area contributed by atoms with Crippen LogP contribution in [0.25, 0.3) is 11.4 Å². The Morgan fingerprint density at radius 1 is 1.07 bits per heavy atom. The molecule has 3 rings (SSSR count). The van der Waals surface area contributed by atoms with Gasteiger partial charge < -0.3 is 10.6 Å². The van der Waals surface area contributed by atoms with E-state index in [0.717, 1.165) is 18.5 Å². The molecule has 2 aromatic carbocycles. The lowest BCUT2D eigenvalue weighted by atomic mass is 10.1. The number of para-hydroxylation sites is 1. The first-order valence-electron chi connectivity index (χ1n) is 9.55. The lowest BCUT2D eigenvalue weighted by molar-refractivity contribution is 0.102. The van der Waals surface area contributed by atoms with Crippen LogP contribution in [0, 0.1) is 17.2 Å². The maximum absolute atomic E-state index is 12.9. The summed E-state index contributed by atoms with van der Waals surface area (Å²) >= 11 is 0. The number of hydrogen-bond donors (Lipinski definition) is 2. The molecule has 0 aliphatic heterocycles. The summed E-state index contributed by atoms with van der Waals surface area (Å²) in [7, 11) is 0. The summed E-state index contributed by atoms with van der Waals surface area (Å²) < 4.78 is 0. The molecule has 0 atom stereocenters. The molecule has 2 N–H and O–H groups in total. The molecule has 1 amide bonds. The fraction of sp³-hybridized carbons (Fsp3) is 0.217. The molecule has 0 unspecified atom stereocenters. The zero-order valence-electron chi connectivity index (χ0n) is 16.5. The van der Waals surface area contributed by atoms with Crippen molar-refractivity contribution in [1.29, 1.82) is 5.26 Å². The van der Waals surface area contributed by atoms with Crippen LogP contribution in [0.1, 0.15) is 36.3 Å². The molecule has 1 aromatic heterocycles. The molecule has 0 saturated heterocycles. The number of carbonyl (C=O) groups excluding carboxylic acids is 1. The van der Waals surface area contributed by atoms with Gasteiger partial charge in [-0.25, -0.2) is 9.97 Å². The summed E-state index contributed by atoms with van der Waals surface area (Å²) in [6, 6.07) is 20.1. The predicted molar refractivity (Wildman–Crippen MR) is 115 cm³/mol. The minimum absolute atomic E-state index is 0.235. The van der Waals surface area contributed by atoms with Gasteiger partial charge in [0.2, 0.25) is 0 Å². The van der Waals surface area contributed by atoms with Crippen molar-refractivity contribution in [3.63, 3.8) is 0 Å². The van der Waals surface area contributed by atoms with Crippen molar-refractivity contribution < 1.29 is 4.79 Å². The number of benzene rings is 2. The van der Waals surface area contributed by atoms with Gasteiger partial charge in [-0.2, -0.15) is 5.26 Å². The molecule has 1 heterocycles. The van der Waals surface area contributed by atoms with Gasteiger partial charge in [0, 0.05) is 18.2 Å². The number of nitrogens with one attached hydrogen (secondary N) is 2. The van der Waals surface area contributed by atoms with Crippen molar-refractivity contribution in [2.75, 3.05) is 17.2 Å². The quantitative estimate of drug-likeness (QED) is 0.614. The molecule has 0 bridgehead atoms. The topological polar surface area (TPSA) is 90.7 Å². The zero-order chi connectivity index (χ0) is 20.6. The van der Waals surface area contributed by atoms with E-state index in [1.165, 1.54) is 0 Å². The molecule has 6 nitrogen and oxygen atoms in total. The van der Waals surface area contributed by atoms with Crippen LogP contribution in [-0.2, 0) is 0 Å². The number of carbonyl (C=O) groups is 1. The number of anilines is 2. The third kappa shape index (κ3) is 5.39. The molecule has 0 aliphatic carbocycles. The van der Waals surface area contributed by atoms with E-state index in [2.05, 4.69) is 40.5 Å². The Bertz CT molecular complexity index is 1020. The first kappa shape index (κ1) is 20.0. The Labute approximate surface area is 170 Å². The van der Waals surface area contributed by atoms with Crippen LogP contribution in [0.5, 0.6) is 0 Å². The minimum atomic E-state index is -0.390. The summed E-state index contributed by atoms with van der Waals surface area (Å²) in [5.74, 6) is 1.24. The van der Waals surface area contributed by atoms with Crippen LogP contribution in [0.2, 0.25) is 0 Å². The molecular weight excluding hydrogens is 362 g/mol. The van der Waals surface area contributed by atoms with E-state index in [9.17, 15) is 10.1 Å². The normalized spacial score (nSPS) is 10.4. The van der Waals surface area contributed by atoms with E-state index in [0.29, 0.717) is 28.8 Å². The van der Waals surface area contributed by atoms with Crippen LogP contribution in [0.4, 0.5) is 11.5 Å². The van der Waals surface area contributed by atoms with Crippen molar-refractivity contribution in [3.05, 3.63) is 71.9 Å². The van der Waals surface area contributed by atoms with Crippen molar-refractivity contribution in [2.45, 2.75) is 20.3 Å². The summed E-state index contributed by atoms with van der Waals surface area (Å²) in [6.45, 7) is 5.06. The summed E-state index contributed by atoms with van der Waals surface area (Å²) in [5.41, 5.74) is 1.91. The lowest BCUT2D eigenvalue weighted by Crippen LogP contribution is -2.17. The highest BCUT2D eigenvalue weighted by atomic mass is 16.1. The number of amides is 1. The monoisotopic (exact) mass is 385 g/mol. The predicted octanol–water partition coefficient (Wildman–Crippen LogP) is 4.73. The first-order chi connectivity index (χ1) is 14.1. The molecule has 0 radical (unpaired) electrons. The highest BCUT2D eigenvalue weighted by Crippen LogP contribution is 2.20. The SMILES string of the molecule is CC(C)CCNc1cc(C(=O)Nc2ccccc2C#N)nc(-c2ccccc2)n1. The fourth-order valence-electron chi connectivity index (χ4n) is 2.74. The molecule has 6 heteroatoms. The van der Waals surface area contributed by atoms with E-state index in [1.54, 1.807) is 30.3 Å². The third-order valence-electron chi connectivity index (χ3n) is 4.31. The highest BCUT2D eigenvalue weighted by molar-refractivity contribution is 6.04. The molecule has 0 fully saturated rings. The van der Waals surface area contributed by atoms with E-state index < -0.39 is 0 Å². The molecular formula is C23H23N5O. The van der Waals surface area contributed by atoms with Crippen LogP contribution in [0.15, 0.2) is 60.7 Å². The Morgan fingerprint density at radius 3 is 2.52 bits per heavy atom. The van der Waals surface area contributed by atoms with Gasteiger partial charge >= 0.3 is 0 Å².